The van der Waals surface area contributed by atoms with Crippen molar-refractivity contribution in [1.29, 1.82) is 0 Å². The molecule has 1 atom stereocenters. The Bertz CT molecular complexity index is 247. The van der Waals surface area contributed by atoms with Crippen molar-refractivity contribution in [2.45, 2.75) is 63.9 Å². The van der Waals surface area contributed by atoms with Gasteiger partial charge in [-0.25, -0.2) is 0 Å². The Balaban J connectivity index is 2.09. The molecule has 1 aliphatic carbocycles. The van der Waals surface area contributed by atoms with Crippen LogP contribution in [0.2, 0.25) is 0 Å². The topological polar surface area (TPSA) is 35.5 Å². The quantitative estimate of drug-likeness (QED) is 0.681. The second kappa shape index (κ2) is 3.04. The summed E-state index contributed by atoms with van der Waals surface area (Å²) in [6.45, 7) is 5.66. The number of ketones is 1. The van der Waals surface area contributed by atoms with Crippen LogP contribution in [0, 0.1) is 0 Å². The molecule has 0 bridgehead atoms. The lowest BCUT2D eigenvalue weighted by Crippen LogP contribution is -2.48. The average Bonchev–Trinajstić information content (AvgIpc) is 2.80. The van der Waals surface area contributed by atoms with Crippen LogP contribution in [0.15, 0.2) is 0 Å². The van der Waals surface area contributed by atoms with Gasteiger partial charge in [-0.05, 0) is 26.7 Å². The molecule has 2 rings (SSSR count). The Morgan fingerprint density at radius 3 is 2.57 bits per heavy atom. The molecule has 1 saturated heterocycles. The van der Waals surface area contributed by atoms with Gasteiger partial charge in [0.15, 0.2) is 11.6 Å². The lowest BCUT2D eigenvalue weighted by molar-refractivity contribution is -0.302. The molecular formula is C11H18O3. The lowest BCUT2D eigenvalue weighted by atomic mass is 10.0. The molecule has 0 aromatic heterocycles. The van der Waals surface area contributed by atoms with E-state index in [1.54, 1.807) is 0 Å². The zero-order valence-corrected chi connectivity index (χ0v) is 9.13. The van der Waals surface area contributed by atoms with Crippen molar-refractivity contribution < 1.29 is 14.3 Å². The summed E-state index contributed by atoms with van der Waals surface area (Å²) in [5, 5.41) is 0. The minimum Gasteiger partial charge on any atom is -0.344 e. The van der Waals surface area contributed by atoms with Gasteiger partial charge in [-0.15, -0.1) is 0 Å². The molecule has 2 aliphatic rings. The Hall–Kier alpha value is -0.410. The standard InChI is InChI=1S/C11H18O3/c1-4-8(12)9-7-11(5-6-11)14-10(2,3)13-9/h9H,4-7H2,1-3H3/t9-/m0/s1. The van der Waals surface area contributed by atoms with Crippen LogP contribution in [-0.4, -0.2) is 23.3 Å². The van der Waals surface area contributed by atoms with Gasteiger partial charge in [-0.3, -0.25) is 4.79 Å². The molecule has 0 N–H and O–H groups in total. The highest BCUT2D eigenvalue weighted by Crippen LogP contribution is 2.50. The van der Waals surface area contributed by atoms with E-state index in [0.29, 0.717) is 6.42 Å². The molecule has 3 heteroatoms. The first kappa shape index (κ1) is 10.1. The minimum atomic E-state index is -0.593. The van der Waals surface area contributed by atoms with Crippen molar-refractivity contribution in [2.24, 2.45) is 0 Å². The highest BCUT2D eigenvalue weighted by molar-refractivity contribution is 5.83. The summed E-state index contributed by atoms with van der Waals surface area (Å²) in [7, 11) is 0. The molecule has 0 amide bonds. The third-order valence-electron chi connectivity index (χ3n) is 2.96. The van der Waals surface area contributed by atoms with Gasteiger partial charge in [0.25, 0.3) is 0 Å². The monoisotopic (exact) mass is 198 g/mol. The molecule has 0 radical (unpaired) electrons. The van der Waals surface area contributed by atoms with Crippen LogP contribution in [0.1, 0.15) is 46.5 Å². The molecule has 1 spiro atoms. The fraction of sp³-hybridized carbons (Fsp3) is 0.909. The molecule has 80 valence electrons. The van der Waals surface area contributed by atoms with Crippen LogP contribution in [-0.2, 0) is 14.3 Å². The predicted molar refractivity (Wildman–Crippen MR) is 51.9 cm³/mol. The fourth-order valence-electron chi connectivity index (χ4n) is 2.16. The smallest absolute Gasteiger partial charge is 0.164 e. The van der Waals surface area contributed by atoms with Gasteiger partial charge < -0.3 is 9.47 Å². The van der Waals surface area contributed by atoms with Crippen molar-refractivity contribution in [2.75, 3.05) is 0 Å². The maximum Gasteiger partial charge on any atom is 0.164 e. The Labute approximate surface area is 84.8 Å². The van der Waals surface area contributed by atoms with Gasteiger partial charge in [0, 0.05) is 12.8 Å². The summed E-state index contributed by atoms with van der Waals surface area (Å²) in [5.41, 5.74) is -0.0305. The average molecular weight is 198 g/mol. The number of rotatable bonds is 2. The third-order valence-corrected chi connectivity index (χ3v) is 2.96. The molecular weight excluding hydrogens is 180 g/mol. The molecule has 0 aromatic rings. The maximum atomic E-state index is 11.6. The summed E-state index contributed by atoms with van der Waals surface area (Å²) in [4.78, 5) is 11.6. The molecule has 3 nitrogen and oxygen atoms in total. The van der Waals surface area contributed by atoms with E-state index in [1.807, 2.05) is 20.8 Å². The molecule has 1 heterocycles. The van der Waals surface area contributed by atoms with Crippen molar-refractivity contribution in [3.8, 4) is 0 Å². The van der Waals surface area contributed by atoms with Crippen molar-refractivity contribution in [3.63, 3.8) is 0 Å². The summed E-state index contributed by atoms with van der Waals surface area (Å²) in [6, 6.07) is 0. The second-order valence-electron chi connectivity index (χ2n) is 4.82. The molecule has 1 saturated carbocycles. The van der Waals surface area contributed by atoms with E-state index in [1.165, 1.54) is 0 Å². The van der Waals surface area contributed by atoms with Gasteiger partial charge >= 0.3 is 0 Å². The zero-order chi connectivity index (χ0) is 10.4. The number of ether oxygens (including phenoxy) is 2. The van der Waals surface area contributed by atoms with E-state index in [2.05, 4.69) is 0 Å². The first-order valence-electron chi connectivity index (χ1n) is 5.37. The van der Waals surface area contributed by atoms with Gasteiger partial charge in [-0.1, -0.05) is 6.92 Å². The summed E-state index contributed by atoms with van der Waals surface area (Å²) in [5.74, 6) is -0.391. The van der Waals surface area contributed by atoms with Crippen LogP contribution in [0.25, 0.3) is 0 Å². The largest absolute Gasteiger partial charge is 0.344 e. The Kier molecular flexibility index (Phi) is 2.20. The Morgan fingerprint density at radius 1 is 1.43 bits per heavy atom. The van der Waals surface area contributed by atoms with E-state index in [-0.39, 0.29) is 17.5 Å². The van der Waals surface area contributed by atoms with Gasteiger partial charge in [0.2, 0.25) is 0 Å². The Morgan fingerprint density at radius 2 is 2.07 bits per heavy atom. The van der Waals surface area contributed by atoms with Crippen LogP contribution in [0.4, 0.5) is 0 Å². The molecule has 1 aliphatic heterocycles. The van der Waals surface area contributed by atoms with E-state index in [9.17, 15) is 4.79 Å². The molecule has 0 unspecified atom stereocenters. The van der Waals surface area contributed by atoms with Crippen LogP contribution in [0.3, 0.4) is 0 Å². The molecule has 14 heavy (non-hydrogen) atoms. The van der Waals surface area contributed by atoms with Crippen LogP contribution in [0.5, 0.6) is 0 Å². The number of Topliss-reactive ketones (excluding diaryl/α,β-unsaturated/α-hetero) is 1. The van der Waals surface area contributed by atoms with Crippen molar-refractivity contribution in [1.82, 2.24) is 0 Å². The van der Waals surface area contributed by atoms with E-state index < -0.39 is 5.79 Å². The number of hydrogen-bond acceptors (Lipinski definition) is 3. The SMILES string of the molecule is CCC(=O)[C@@H]1CC2(CC2)OC(C)(C)O1. The lowest BCUT2D eigenvalue weighted by Gasteiger charge is -2.40. The first-order chi connectivity index (χ1) is 6.46. The summed E-state index contributed by atoms with van der Waals surface area (Å²) < 4.78 is 11.5. The van der Waals surface area contributed by atoms with E-state index >= 15 is 0 Å². The minimum absolute atomic E-state index is 0.0305. The van der Waals surface area contributed by atoms with E-state index in [0.717, 1.165) is 19.3 Å². The number of hydrogen-bond donors (Lipinski definition) is 0. The highest BCUT2D eigenvalue weighted by Gasteiger charge is 2.54. The van der Waals surface area contributed by atoms with Gasteiger partial charge in [0.1, 0.15) is 6.10 Å². The normalized spacial score (nSPS) is 32.9. The predicted octanol–water partition coefficient (Wildman–Crippen LogP) is 2.04. The van der Waals surface area contributed by atoms with Crippen LogP contribution < -0.4 is 0 Å². The highest BCUT2D eigenvalue weighted by atomic mass is 16.7. The zero-order valence-electron chi connectivity index (χ0n) is 9.13. The first-order valence-corrected chi connectivity index (χ1v) is 5.37. The molecule has 0 aromatic carbocycles. The number of carbonyl (C=O) groups excluding carboxylic acids is 1. The van der Waals surface area contributed by atoms with Crippen LogP contribution >= 0.6 is 0 Å². The van der Waals surface area contributed by atoms with Gasteiger partial charge in [0.05, 0.1) is 5.60 Å². The van der Waals surface area contributed by atoms with Crippen molar-refractivity contribution >= 4 is 5.78 Å². The molecule has 2 fully saturated rings. The fourth-order valence-corrected chi connectivity index (χ4v) is 2.16. The third kappa shape index (κ3) is 1.84. The van der Waals surface area contributed by atoms with Crippen molar-refractivity contribution in [3.05, 3.63) is 0 Å². The maximum absolute atomic E-state index is 11.6. The summed E-state index contributed by atoms with van der Waals surface area (Å²) >= 11 is 0. The number of carbonyl (C=O) groups is 1. The van der Waals surface area contributed by atoms with E-state index in [4.69, 9.17) is 9.47 Å². The summed E-state index contributed by atoms with van der Waals surface area (Å²) in [6.07, 6.45) is 3.21. The van der Waals surface area contributed by atoms with Gasteiger partial charge in [-0.2, -0.15) is 0 Å². The second-order valence-corrected chi connectivity index (χ2v) is 4.82.